The monoisotopic (exact) mass is 262 g/mol. The zero-order valence-corrected chi connectivity index (χ0v) is 13.1. The van der Waals surface area contributed by atoms with Gasteiger partial charge in [-0.05, 0) is 56.6 Å². The molecule has 2 nitrogen and oxygen atoms in total. The predicted molar refractivity (Wildman–Crippen MR) is 84.5 cm³/mol. The van der Waals surface area contributed by atoms with Crippen LogP contribution in [-0.4, -0.2) is 31.6 Å². The molecule has 0 atom stereocenters. The van der Waals surface area contributed by atoms with Gasteiger partial charge in [-0.2, -0.15) is 0 Å². The molecule has 0 aliphatic carbocycles. The van der Waals surface area contributed by atoms with Crippen LogP contribution >= 0.6 is 0 Å². The normalized spacial score (nSPS) is 11.5. The summed E-state index contributed by atoms with van der Waals surface area (Å²) >= 11 is 0. The standard InChI is InChI=1S/C17H30N2/c1-5-12-19(4)14-17-9-7-6-8-16(17)10-11-18-13-15(2)3/h6-9,15,18H,5,10-14H2,1-4H3. The van der Waals surface area contributed by atoms with Crippen LogP contribution in [0.25, 0.3) is 0 Å². The van der Waals surface area contributed by atoms with Crippen molar-refractivity contribution in [2.75, 3.05) is 26.7 Å². The van der Waals surface area contributed by atoms with E-state index >= 15 is 0 Å². The minimum absolute atomic E-state index is 0.728. The minimum atomic E-state index is 0.728. The lowest BCUT2D eigenvalue weighted by molar-refractivity contribution is 0.326. The Morgan fingerprint density at radius 1 is 1.16 bits per heavy atom. The van der Waals surface area contributed by atoms with Gasteiger partial charge in [0.2, 0.25) is 0 Å². The van der Waals surface area contributed by atoms with Gasteiger partial charge in [-0.1, -0.05) is 45.0 Å². The summed E-state index contributed by atoms with van der Waals surface area (Å²) < 4.78 is 0. The Balaban J connectivity index is 2.48. The van der Waals surface area contributed by atoms with Gasteiger partial charge in [0.05, 0.1) is 0 Å². The molecule has 0 aliphatic rings. The summed E-state index contributed by atoms with van der Waals surface area (Å²) in [5.74, 6) is 0.728. The fraction of sp³-hybridized carbons (Fsp3) is 0.647. The third-order valence-electron chi connectivity index (χ3n) is 3.29. The van der Waals surface area contributed by atoms with E-state index in [-0.39, 0.29) is 0 Å². The lowest BCUT2D eigenvalue weighted by Crippen LogP contribution is -2.23. The van der Waals surface area contributed by atoms with Crippen LogP contribution in [0.3, 0.4) is 0 Å². The van der Waals surface area contributed by atoms with Crippen molar-refractivity contribution in [2.24, 2.45) is 5.92 Å². The molecule has 1 N–H and O–H groups in total. The fourth-order valence-electron chi connectivity index (χ4n) is 2.32. The molecule has 0 aliphatic heterocycles. The van der Waals surface area contributed by atoms with E-state index in [1.165, 1.54) is 24.1 Å². The molecule has 0 heterocycles. The molecule has 0 fully saturated rings. The number of rotatable bonds is 9. The number of hydrogen-bond acceptors (Lipinski definition) is 2. The van der Waals surface area contributed by atoms with Crippen molar-refractivity contribution in [3.8, 4) is 0 Å². The van der Waals surface area contributed by atoms with Crippen LogP contribution in [-0.2, 0) is 13.0 Å². The predicted octanol–water partition coefficient (Wildman–Crippen LogP) is 3.32. The van der Waals surface area contributed by atoms with Gasteiger partial charge in [0.1, 0.15) is 0 Å². The van der Waals surface area contributed by atoms with Crippen LogP contribution < -0.4 is 5.32 Å². The first kappa shape index (κ1) is 16.2. The fourth-order valence-corrected chi connectivity index (χ4v) is 2.32. The topological polar surface area (TPSA) is 15.3 Å². The Hall–Kier alpha value is -0.860. The zero-order valence-electron chi connectivity index (χ0n) is 13.1. The Morgan fingerprint density at radius 3 is 2.47 bits per heavy atom. The molecular formula is C17H30N2. The second kappa shape index (κ2) is 9.11. The molecule has 2 heteroatoms. The molecule has 0 bridgehead atoms. The highest BCUT2D eigenvalue weighted by molar-refractivity contribution is 5.27. The molecule has 0 amide bonds. The summed E-state index contributed by atoms with van der Waals surface area (Å²) in [6.45, 7) is 11.2. The molecule has 1 rings (SSSR count). The molecule has 1 aromatic carbocycles. The average Bonchev–Trinajstić information content (AvgIpc) is 2.36. The van der Waals surface area contributed by atoms with E-state index < -0.39 is 0 Å². The summed E-state index contributed by atoms with van der Waals surface area (Å²) in [6.07, 6.45) is 2.34. The molecule has 0 unspecified atom stereocenters. The maximum atomic E-state index is 3.53. The van der Waals surface area contributed by atoms with Gasteiger partial charge in [-0.25, -0.2) is 0 Å². The summed E-state index contributed by atoms with van der Waals surface area (Å²) in [5.41, 5.74) is 2.96. The van der Waals surface area contributed by atoms with E-state index in [4.69, 9.17) is 0 Å². The van der Waals surface area contributed by atoms with Crippen molar-refractivity contribution >= 4 is 0 Å². The Kier molecular flexibility index (Phi) is 7.76. The van der Waals surface area contributed by atoms with Gasteiger partial charge in [0.25, 0.3) is 0 Å². The first-order valence-corrected chi connectivity index (χ1v) is 7.59. The Bertz CT molecular complexity index is 347. The van der Waals surface area contributed by atoms with Gasteiger partial charge >= 0.3 is 0 Å². The van der Waals surface area contributed by atoms with Crippen LogP contribution in [0.2, 0.25) is 0 Å². The van der Waals surface area contributed by atoms with E-state index in [9.17, 15) is 0 Å². The smallest absolute Gasteiger partial charge is 0.0233 e. The largest absolute Gasteiger partial charge is 0.316 e. The zero-order chi connectivity index (χ0) is 14.1. The van der Waals surface area contributed by atoms with Gasteiger partial charge < -0.3 is 10.2 Å². The van der Waals surface area contributed by atoms with Crippen molar-refractivity contribution < 1.29 is 0 Å². The van der Waals surface area contributed by atoms with Gasteiger partial charge in [0, 0.05) is 6.54 Å². The van der Waals surface area contributed by atoms with Gasteiger partial charge in [-0.3, -0.25) is 0 Å². The molecule has 0 saturated heterocycles. The van der Waals surface area contributed by atoms with Crippen molar-refractivity contribution in [1.29, 1.82) is 0 Å². The molecule has 0 radical (unpaired) electrons. The van der Waals surface area contributed by atoms with Gasteiger partial charge in [0.15, 0.2) is 0 Å². The molecule has 0 saturated carbocycles. The Labute approximate surface area is 119 Å². The maximum absolute atomic E-state index is 3.53. The highest BCUT2D eigenvalue weighted by Crippen LogP contribution is 2.11. The lowest BCUT2D eigenvalue weighted by Gasteiger charge is -2.18. The molecule has 0 spiro atoms. The highest BCUT2D eigenvalue weighted by Gasteiger charge is 2.04. The molecule has 108 valence electrons. The Morgan fingerprint density at radius 2 is 1.84 bits per heavy atom. The van der Waals surface area contributed by atoms with E-state index in [1.807, 2.05) is 0 Å². The third kappa shape index (κ3) is 6.74. The second-order valence-corrected chi connectivity index (χ2v) is 5.85. The molecule has 19 heavy (non-hydrogen) atoms. The van der Waals surface area contributed by atoms with Gasteiger partial charge in [-0.15, -0.1) is 0 Å². The quantitative estimate of drug-likeness (QED) is 0.687. The van der Waals surface area contributed by atoms with E-state index in [2.05, 4.69) is 62.3 Å². The van der Waals surface area contributed by atoms with Crippen LogP contribution in [0.5, 0.6) is 0 Å². The van der Waals surface area contributed by atoms with Crippen molar-refractivity contribution in [3.05, 3.63) is 35.4 Å². The molecular weight excluding hydrogens is 232 g/mol. The van der Waals surface area contributed by atoms with Crippen LogP contribution in [0.15, 0.2) is 24.3 Å². The second-order valence-electron chi connectivity index (χ2n) is 5.85. The van der Waals surface area contributed by atoms with Crippen LogP contribution in [0.4, 0.5) is 0 Å². The van der Waals surface area contributed by atoms with Crippen molar-refractivity contribution in [1.82, 2.24) is 10.2 Å². The van der Waals surface area contributed by atoms with Crippen molar-refractivity contribution in [3.63, 3.8) is 0 Å². The summed E-state index contributed by atoms with van der Waals surface area (Å²) in [5, 5.41) is 3.53. The number of benzene rings is 1. The van der Waals surface area contributed by atoms with Crippen LogP contribution in [0, 0.1) is 5.92 Å². The summed E-state index contributed by atoms with van der Waals surface area (Å²) in [6, 6.07) is 8.84. The van der Waals surface area contributed by atoms with Crippen molar-refractivity contribution in [2.45, 2.75) is 40.2 Å². The first-order valence-electron chi connectivity index (χ1n) is 7.59. The number of hydrogen-bond donors (Lipinski definition) is 1. The van der Waals surface area contributed by atoms with Crippen LogP contribution in [0.1, 0.15) is 38.3 Å². The maximum Gasteiger partial charge on any atom is 0.0233 e. The number of nitrogens with zero attached hydrogens (tertiary/aromatic N) is 1. The highest BCUT2D eigenvalue weighted by atomic mass is 15.1. The molecule has 1 aromatic rings. The van der Waals surface area contributed by atoms with E-state index in [0.717, 1.165) is 32.0 Å². The summed E-state index contributed by atoms with van der Waals surface area (Å²) in [4.78, 5) is 2.40. The lowest BCUT2D eigenvalue weighted by atomic mass is 10.0. The van der Waals surface area contributed by atoms with E-state index in [0.29, 0.717) is 0 Å². The average molecular weight is 262 g/mol. The first-order chi connectivity index (χ1) is 9.13. The third-order valence-corrected chi connectivity index (χ3v) is 3.29. The number of nitrogens with one attached hydrogen (secondary N) is 1. The molecule has 0 aromatic heterocycles. The SMILES string of the molecule is CCCN(C)Cc1ccccc1CCNCC(C)C. The minimum Gasteiger partial charge on any atom is -0.316 e. The summed E-state index contributed by atoms with van der Waals surface area (Å²) in [7, 11) is 2.21. The van der Waals surface area contributed by atoms with E-state index in [1.54, 1.807) is 0 Å².